The smallest absolute Gasteiger partial charge is 0.333 e. The molecule has 7 heteroatoms. The summed E-state index contributed by atoms with van der Waals surface area (Å²) >= 11 is 0. The van der Waals surface area contributed by atoms with Crippen LogP contribution in [0.1, 0.15) is 50.8 Å². The molecule has 0 radical (unpaired) electrons. The summed E-state index contributed by atoms with van der Waals surface area (Å²) in [5, 5.41) is 0. The van der Waals surface area contributed by atoms with Gasteiger partial charge in [-0.15, -0.1) is 0 Å². The first kappa shape index (κ1) is 22.3. The van der Waals surface area contributed by atoms with Crippen LogP contribution >= 0.6 is 0 Å². The van der Waals surface area contributed by atoms with E-state index < -0.39 is 28.1 Å². The van der Waals surface area contributed by atoms with Crippen LogP contribution in [0, 0.1) is 23.7 Å². The number of nitrogens with zero attached hydrogens (tertiary/aromatic N) is 1. The van der Waals surface area contributed by atoms with Crippen molar-refractivity contribution in [1.29, 1.82) is 0 Å². The monoisotopic (exact) mass is 466 g/mol. The number of carbonyl (C=O) groups is 1. The van der Waals surface area contributed by atoms with Crippen molar-refractivity contribution in [2.45, 2.75) is 63.6 Å². The normalized spacial score (nSPS) is 31.0. The highest BCUT2D eigenvalue weighted by Crippen LogP contribution is 2.65. The fourth-order valence-corrected chi connectivity index (χ4v) is 7.15. The Morgan fingerprint density at radius 3 is 2.39 bits per heavy atom. The molecule has 2 bridgehead atoms. The van der Waals surface area contributed by atoms with Crippen molar-refractivity contribution in [2.75, 3.05) is 0 Å². The number of esters is 1. The van der Waals surface area contributed by atoms with Gasteiger partial charge in [0.05, 0.1) is 16.6 Å². The van der Waals surface area contributed by atoms with Gasteiger partial charge >= 0.3 is 5.97 Å². The van der Waals surface area contributed by atoms with Crippen molar-refractivity contribution >= 4 is 21.7 Å². The van der Waals surface area contributed by atoms with E-state index in [0.29, 0.717) is 5.56 Å². The first-order valence-electron chi connectivity index (χ1n) is 11.5. The van der Waals surface area contributed by atoms with Gasteiger partial charge in [-0.1, -0.05) is 68.8 Å². The second-order valence-electron chi connectivity index (χ2n) is 10.3. The summed E-state index contributed by atoms with van der Waals surface area (Å²) in [6.45, 7) is 8.56. The van der Waals surface area contributed by atoms with E-state index in [1.165, 1.54) is 0 Å². The first-order chi connectivity index (χ1) is 15.5. The van der Waals surface area contributed by atoms with E-state index in [9.17, 15) is 13.2 Å². The Bertz CT molecular complexity index is 1220. The van der Waals surface area contributed by atoms with Crippen molar-refractivity contribution in [3.63, 3.8) is 0 Å². The number of aryl methyl sites for hydroxylation is 1. The van der Waals surface area contributed by atoms with E-state index in [0.717, 1.165) is 24.1 Å². The molecule has 0 saturated heterocycles. The Labute approximate surface area is 195 Å². The molecule has 5 atom stereocenters. The lowest BCUT2D eigenvalue weighted by molar-refractivity contribution is -0.152. The van der Waals surface area contributed by atoms with Crippen LogP contribution in [0.5, 0.6) is 0 Å². The third kappa shape index (κ3) is 3.36. The minimum Gasteiger partial charge on any atom is -0.454 e. The molecule has 1 N–H and O–H groups in total. The van der Waals surface area contributed by atoms with Crippen LogP contribution in [0.2, 0.25) is 0 Å². The lowest BCUT2D eigenvalue weighted by atomic mass is 9.70. The molecule has 2 saturated carbocycles. The van der Waals surface area contributed by atoms with Gasteiger partial charge in [0.25, 0.3) is 0 Å². The number of hydrogen-bond acceptors (Lipinski definition) is 5. The fraction of sp³-hybridized carbons (Fsp3) is 0.462. The second-order valence-corrected chi connectivity index (χ2v) is 12.1. The number of fused-ring (bicyclic) bond motifs is 5. The Hall–Kier alpha value is -2.51. The van der Waals surface area contributed by atoms with Gasteiger partial charge in [-0.25, -0.2) is 17.9 Å². The Morgan fingerprint density at radius 2 is 1.73 bits per heavy atom. The molecule has 2 aliphatic carbocycles. The van der Waals surface area contributed by atoms with E-state index in [1.807, 2.05) is 37.3 Å². The molecule has 2 fully saturated rings. The summed E-state index contributed by atoms with van der Waals surface area (Å²) in [6.07, 6.45) is 1.69. The maximum Gasteiger partial charge on any atom is 0.333 e. The van der Waals surface area contributed by atoms with Crippen molar-refractivity contribution in [2.24, 2.45) is 21.7 Å². The van der Waals surface area contributed by atoms with Crippen LogP contribution in [0.15, 0.2) is 64.5 Å². The number of carbonyl (C=O) groups excluding carboxylic acids is 1. The Kier molecular flexibility index (Phi) is 5.07. The van der Waals surface area contributed by atoms with Gasteiger partial charge in [-0.05, 0) is 42.9 Å². The van der Waals surface area contributed by atoms with Gasteiger partial charge in [0.2, 0.25) is 10.0 Å². The molecule has 5 rings (SSSR count). The average molecular weight is 467 g/mol. The fourth-order valence-electron chi connectivity index (χ4n) is 5.92. The molecule has 0 spiro atoms. The van der Waals surface area contributed by atoms with Gasteiger partial charge in [0.1, 0.15) is 6.10 Å². The molecule has 0 aromatic heterocycles. The number of benzene rings is 2. The van der Waals surface area contributed by atoms with Crippen molar-refractivity contribution < 1.29 is 17.9 Å². The zero-order chi connectivity index (χ0) is 23.6. The van der Waals surface area contributed by atoms with Crippen molar-refractivity contribution in [1.82, 2.24) is 4.72 Å². The van der Waals surface area contributed by atoms with Gasteiger partial charge in [-0.2, -0.15) is 0 Å². The van der Waals surface area contributed by atoms with Crippen LogP contribution in [-0.4, -0.2) is 32.2 Å². The standard InChI is InChI=1S/C26H30N2O4S/c1-16-10-12-18(13-11-16)33(30,31)28-20(17-8-6-5-7-9-17)21-24(29)32-22-19-14-15-26(4,23(22)27-21)25(19,2)3/h5-13,19-22,28H,14-15H2,1-4H3/t19-,20-,21+,22?,26+/m1/s1. The number of rotatable bonds is 5. The molecule has 3 aliphatic rings. The van der Waals surface area contributed by atoms with Gasteiger partial charge in [-0.3, -0.25) is 4.99 Å². The molecule has 1 aliphatic heterocycles. The zero-order valence-electron chi connectivity index (χ0n) is 19.4. The van der Waals surface area contributed by atoms with E-state index in [2.05, 4.69) is 25.5 Å². The summed E-state index contributed by atoms with van der Waals surface area (Å²) in [5.41, 5.74) is 2.34. The van der Waals surface area contributed by atoms with E-state index in [1.54, 1.807) is 24.3 Å². The van der Waals surface area contributed by atoms with Crippen LogP contribution < -0.4 is 4.72 Å². The zero-order valence-corrected chi connectivity index (χ0v) is 20.2. The lowest BCUT2D eigenvalue weighted by Gasteiger charge is -2.37. The molecule has 0 amide bonds. The predicted octanol–water partition coefficient (Wildman–Crippen LogP) is 4.21. The van der Waals surface area contributed by atoms with Crippen molar-refractivity contribution in [3.05, 3.63) is 65.7 Å². The predicted molar refractivity (Wildman–Crippen MR) is 126 cm³/mol. The molecular weight excluding hydrogens is 436 g/mol. The van der Waals surface area contributed by atoms with Crippen LogP contribution in [0.3, 0.4) is 0 Å². The van der Waals surface area contributed by atoms with E-state index in [4.69, 9.17) is 9.73 Å². The molecule has 174 valence electrons. The van der Waals surface area contributed by atoms with Gasteiger partial charge < -0.3 is 4.74 Å². The number of sulfonamides is 1. The Balaban J connectivity index is 1.57. The van der Waals surface area contributed by atoms with Crippen LogP contribution in [0.4, 0.5) is 0 Å². The molecule has 2 aromatic rings. The number of hydrogen-bond donors (Lipinski definition) is 1. The number of nitrogens with one attached hydrogen (secondary N) is 1. The highest BCUT2D eigenvalue weighted by Gasteiger charge is 2.67. The second kappa shape index (κ2) is 7.50. The molecule has 6 nitrogen and oxygen atoms in total. The Morgan fingerprint density at radius 1 is 1.06 bits per heavy atom. The molecule has 1 heterocycles. The summed E-state index contributed by atoms with van der Waals surface area (Å²) in [7, 11) is -3.89. The summed E-state index contributed by atoms with van der Waals surface area (Å²) in [6, 6.07) is 13.9. The maximum atomic E-state index is 13.3. The highest BCUT2D eigenvalue weighted by atomic mass is 32.2. The third-order valence-electron chi connectivity index (χ3n) is 8.36. The molecular formula is C26H30N2O4S. The summed E-state index contributed by atoms with van der Waals surface area (Å²) in [4.78, 5) is 18.4. The van der Waals surface area contributed by atoms with Gasteiger partial charge in [0.15, 0.2) is 6.04 Å². The minimum absolute atomic E-state index is 0.0324. The lowest BCUT2D eigenvalue weighted by Crippen LogP contribution is -2.49. The molecule has 1 unspecified atom stereocenters. The average Bonchev–Trinajstić information content (AvgIpc) is 3.10. The highest BCUT2D eigenvalue weighted by molar-refractivity contribution is 7.89. The number of ether oxygens (including phenoxy) is 1. The minimum atomic E-state index is -3.89. The topological polar surface area (TPSA) is 84.8 Å². The van der Waals surface area contributed by atoms with E-state index in [-0.39, 0.29) is 27.7 Å². The first-order valence-corrected chi connectivity index (χ1v) is 13.0. The van der Waals surface area contributed by atoms with Crippen LogP contribution in [0.25, 0.3) is 0 Å². The summed E-state index contributed by atoms with van der Waals surface area (Å²) in [5.74, 6) is -0.235. The largest absolute Gasteiger partial charge is 0.454 e. The number of aliphatic imine (C=N–C) groups is 1. The SMILES string of the molecule is Cc1ccc(S(=O)(=O)N[C@H](c2ccccc2)[C@@H]2N=C3C(OC2=O)[C@H]2CC[C@]3(C)C2(C)C)cc1. The molecule has 2 aromatic carbocycles. The van der Waals surface area contributed by atoms with Crippen molar-refractivity contribution in [3.8, 4) is 0 Å². The summed E-state index contributed by atoms with van der Waals surface area (Å²) < 4.78 is 35.3. The quantitative estimate of drug-likeness (QED) is 0.669. The van der Waals surface area contributed by atoms with E-state index >= 15 is 0 Å². The third-order valence-corrected chi connectivity index (χ3v) is 9.81. The molecule has 33 heavy (non-hydrogen) atoms. The van der Waals surface area contributed by atoms with Gasteiger partial charge in [0, 0.05) is 11.3 Å². The van der Waals surface area contributed by atoms with Crippen LogP contribution in [-0.2, 0) is 19.6 Å². The maximum absolute atomic E-state index is 13.3.